The van der Waals surface area contributed by atoms with Crippen molar-refractivity contribution in [3.63, 3.8) is 0 Å². The topological polar surface area (TPSA) is 119 Å². The molecular formula is C20H21N5O4S2. The van der Waals surface area contributed by atoms with Crippen molar-refractivity contribution in [2.45, 2.75) is 25.1 Å². The third kappa shape index (κ3) is 5.50. The number of aromatic nitrogens is 2. The first-order valence-corrected chi connectivity index (χ1v) is 11.0. The Balaban J connectivity index is 1.61. The zero-order valence-corrected chi connectivity index (χ0v) is 19.0. The largest absolute Gasteiger partial charge is 0.490 e. The normalized spacial score (nSPS) is 10.6. The molecule has 3 aromatic rings. The summed E-state index contributed by atoms with van der Waals surface area (Å²) in [6, 6.07) is 8.82. The van der Waals surface area contributed by atoms with Gasteiger partial charge in [0.25, 0.3) is 0 Å². The van der Waals surface area contributed by atoms with E-state index in [2.05, 4.69) is 20.8 Å². The minimum Gasteiger partial charge on any atom is -0.490 e. The highest BCUT2D eigenvalue weighted by atomic mass is 32.2. The number of thioether (sulfide) groups is 1. The number of nitrogens with zero attached hydrogens (tertiary/aromatic N) is 3. The number of amides is 1. The predicted octanol–water partition coefficient (Wildman–Crippen LogP) is 4.85. The Labute approximate surface area is 187 Å². The van der Waals surface area contributed by atoms with E-state index in [1.54, 1.807) is 6.92 Å². The Morgan fingerprint density at radius 3 is 2.68 bits per heavy atom. The van der Waals surface area contributed by atoms with E-state index in [0.29, 0.717) is 20.7 Å². The lowest BCUT2D eigenvalue weighted by Crippen LogP contribution is -2.15. The third-order valence-corrected chi connectivity index (χ3v) is 6.55. The molecule has 0 bridgehead atoms. The first-order valence-electron chi connectivity index (χ1n) is 9.21. The van der Waals surface area contributed by atoms with Crippen LogP contribution in [0.2, 0.25) is 0 Å². The number of hydrogen-bond donors (Lipinski definition) is 2. The van der Waals surface area contributed by atoms with Crippen molar-refractivity contribution in [1.29, 1.82) is 0 Å². The molecule has 1 aromatic heterocycles. The number of carbonyl (C=O) groups excluding carboxylic acids is 1. The number of anilines is 3. The Kier molecular flexibility index (Phi) is 7.08. The van der Waals surface area contributed by atoms with E-state index < -0.39 is 4.92 Å². The quantitative estimate of drug-likeness (QED) is 0.279. The van der Waals surface area contributed by atoms with Gasteiger partial charge in [0.2, 0.25) is 11.0 Å². The summed E-state index contributed by atoms with van der Waals surface area (Å²) in [6.07, 6.45) is 0. The van der Waals surface area contributed by atoms with Gasteiger partial charge in [0.05, 0.1) is 17.8 Å². The maximum Gasteiger partial charge on any atom is 0.311 e. The summed E-state index contributed by atoms with van der Waals surface area (Å²) in [5.74, 6) is -0.0512. The lowest BCUT2D eigenvalue weighted by Gasteiger charge is -2.10. The Morgan fingerprint density at radius 2 is 1.97 bits per heavy atom. The van der Waals surface area contributed by atoms with Gasteiger partial charge in [0.1, 0.15) is 0 Å². The molecule has 162 valence electrons. The van der Waals surface area contributed by atoms with Crippen LogP contribution in [0.1, 0.15) is 16.7 Å². The van der Waals surface area contributed by atoms with Crippen molar-refractivity contribution in [3.05, 3.63) is 57.1 Å². The number of nitro benzene ring substituents is 1. The SMILES string of the molecule is COc1cc(NC(=O)CSc2nnc(Nc3cccc(C)c3C)s2)c(C)cc1[N+](=O)[O-]. The molecule has 0 aliphatic heterocycles. The molecule has 0 aliphatic rings. The van der Waals surface area contributed by atoms with E-state index >= 15 is 0 Å². The zero-order chi connectivity index (χ0) is 22.5. The van der Waals surface area contributed by atoms with Gasteiger partial charge < -0.3 is 15.4 Å². The fraction of sp³-hybridized carbons (Fsp3) is 0.250. The summed E-state index contributed by atoms with van der Waals surface area (Å²) >= 11 is 2.62. The maximum absolute atomic E-state index is 12.4. The molecule has 0 atom stereocenters. The molecule has 0 unspecified atom stereocenters. The highest BCUT2D eigenvalue weighted by Gasteiger charge is 2.18. The van der Waals surface area contributed by atoms with Gasteiger partial charge in [0, 0.05) is 23.5 Å². The summed E-state index contributed by atoms with van der Waals surface area (Å²) < 4.78 is 5.71. The molecule has 0 spiro atoms. The molecule has 1 heterocycles. The van der Waals surface area contributed by atoms with Crippen LogP contribution in [-0.2, 0) is 4.79 Å². The molecular weight excluding hydrogens is 438 g/mol. The summed E-state index contributed by atoms with van der Waals surface area (Å²) in [6.45, 7) is 5.77. The van der Waals surface area contributed by atoms with Crippen LogP contribution in [0.25, 0.3) is 0 Å². The van der Waals surface area contributed by atoms with Gasteiger partial charge in [-0.15, -0.1) is 10.2 Å². The van der Waals surface area contributed by atoms with Crippen LogP contribution in [0.3, 0.4) is 0 Å². The number of nitro groups is 1. The highest BCUT2D eigenvalue weighted by molar-refractivity contribution is 8.01. The van der Waals surface area contributed by atoms with Gasteiger partial charge in [-0.3, -0.25) is 14.9 Å². The Bertz CT molecular complexity index is 1130. The third-order valence-electron chi connectivity index (χ3n) is 4.58. The standard InChI is InChI=1S/C20H21N5O4S2/c1-11-6-5-7-14(13(11)3)22-19-23-24-20(31-19)30-10-18(26)21-15-9-17(29-4)16(25(27)28)8-12(15)2/h5-9H,10H2,1-4H3,(H,21,26)(H,22,23). The lowest BCUT2D eigenvalue weighted by atomic mass is 10.1. The van der Waals surface area contributed by atoms with Crippen molar-refractivity contribution in [2.24, 2.45) is 0 Å². The van der Waals surface area contributed by atoms with Crippen LogP contribution in [0, 0.1) is 30.9 Å². The minimum atomic E-state index is -0.521. The van der Waals surface area contributed by atoms with E-state index in [4.69, 9.17) is 4.74 Å². The second kappa shape index (κ2) is 9.75. The van der Waals surface area contributed by atoms with E-state index in [1.807, 2.05) is 32.0 Å². The van der Waals surface area contributed by atoms with Crippen LogP contribution in [0.15, 0.2) is 34.7 Å². The molecule has 0 fully saturated rings. The molecule has 3 rings (SSSR count). The summed E-state index contributed by atoms with van der Waals surface area (Å²) in [7, 11) is 1.35. The molecule has 1 amide bonds. The van der Waals surface area contributed by atoms with Crippen molar-refractivity contribution < 1.29 is 14.5 Å². The Morgan fingerprint density at radius 1 is 1.19 bits per heavy atom. The lowest BCUT2D eigenvalue weighted by molar-refractivity contribution is -0.385. The number of methoxy groups -OCH3 is 1. The number of hydrogen-bond acceptors (Lipinski definition) is 9. The van der Waals surface area contributed by atoms with Gasteiger partial charge >= 0.3 is 5.69 Å². The first kappa shape index (κ1) is 22.5. The number of ether oxygens (including phenoxy) is 1. The van der Waals surface area contributed by atoms with Crippen molar-refractivity contribution in [3.8, 4) is 5.75 Å². The van der Waals surface area contributed by atoms with Crippen LogP contribution in [0.5, 0.6) is 5.75 Å². The van der Waals surface area contributed by atoms with Crippen LogP contribution in [-0.4, -0.2) is 33.9 Å². The summed E-state index contributed by atoms with van der Waals surface area (Å²) in [5.41, 5.74) is 4.17. The molecule has 0 aliphatic carbocycles. The van der Waals surface area contributed by atoms with Crippen molar-refractivity contribution in [2.75, 3.05) is 23.5 Å². The van der Waals surface area contributed by atoms with Gasteiger partial charge in [-0.05, 0) is 43.5 Å². The first-order chi connectivity index (χ1) is 14.8. The zero-order valence-electron chi connectivity index (χ0n) is 17.4. The van der Waals surface area contributed by atoms with Gasteiger partial charge in [-0.25, -0.2) is 0 Å². The van der Waals surface area contributed by atoms with Gasteiger partial charge in [0.15, 0.2) is 10.1 Å². The van der Waals surface area contributed by atoms with E-state index in [0.717, 1.165) is 11.3 Å². The van der Waals surface area contributed by atoms with Crippen LogP contribution < -0.4 is 15.4 Å². The number of carbonyl (C=O) groups is 1. The molecule has 9 nitrogen and oxygen atoms in total. The fourth-order valence-corrected chi connectivity index (χ4v) is 4.31. The maximum atomic E-state index is 12.4. The van der Waals surface area contributed by atoms with E-state index in [9.17, 15) is 14.9 Å². The van der Waals surface area contributed by atoms with E-state index in [1.165, 1.54) is 47.9 Å². The molecule has 2 aromatic carbocycles. The fourth-order valence-electron chi connectivity index (χ4n) is 2.75. The number of aryl methyl sites for hydroxylation is 2. The summed E-state index contributed by atoms with van der Waals surface area (Å²) in [4.78, 5) is 22.9. The van der Waals surface area contributed by atoms with Crippen molar-refractivity contribution in [1.82, 2.24) is 10.2 Å². The van der Waals surface area contributed by atoms with Gasteiger partial charge in [-0.2, -0.15) is 0 Å². The van der Waals surface area contributed by atoms with Crippen LogP contribution in [0.4, 0.5) is 22.2 Å². The second-order valence-electron chi connectivity index (χ2n) is 6.68. The average molecular weight is 460 g/mol. The highest BCUT2D eigenvalue weighted by Crippen LogP contribution is 2.33. The van der Waals surface area contributed by atoms with E-state index in [-0.39, 0.29) is 23.1 Å². The molecule has 31 heavy (non-hydrogen) atoms. The molecule has 11 heteroatoms. The monoisotopic (exact) mass is 459 g/mol. The smallest absolute Gasteiger partial charge is 0.311 e. The Hall–Kier alpha value is -3.18. The molecule has 0 radical (unpaired) electrons. The number of nitrogens with one attached hydrogen (secondary N) is 2. The summed E-state index contributed by atoms with van der Waals surface area (Å²) in [5, 5.41) is 26.0. The minimum absolute atomic E-state index is 0.0878. The van der Waals surface area contributed by atoms with Crippen LogP contribution >= 0.6 is 23.1 Å². The number of benzene rings is 2. The average Bonchev–Trinajstić information content (AvgIpc) is 3.18. The molecule has 0 saturated carbocycles. The van der Waals surface area contributed by atoms with Crippen molar-refractivity contribution >= 4 is 51.2 Å². The van der Waals surface area contributed by atoms with Gasteiger partial charge in [-0.1, -0.05) is 35.2 Å². The molecule has 0 saturated heterocycles. The second-order valence-corrected chi connectivity index (χ2v) is 8.88. The number of rotatable bonds is 8. The predicted molar refractivity (Wildman–Crippen MR) is 123 cm³/mol. The molecule has 2 N–H and O–H groups in total.